The molecule has 1 aliphatic heterocycles. The summed E-state index contributed by atoms with van der Waals surface area (Å²) in [6, 6.07) is 12.0. The molecule has 1 amide bonds. The number of ether oxygens (including phenoxy) is 1. The molecule has 10 heteroatoms. The number of rotatable bonds is 10. The molecule has 1 aromatic heterocycles. The van der Waals surface area contributed by atoms with Gasteiger partial charge in [0.1, 0.15) is 18.2 Å². The van der Waals surface area contributed by atoms with E-state index in [0.29, 0.717) is 44.5 Å². The molecule has 0 fully saturated rings. The number of phenolic OH excluding ortho intramolecular Hbond substituents is 1. The lowest BCUT2D eigenvalue weighted by Gasteiger charge is -2.31. The van der Waals surface area contributed by atoms with Crippen LogP contribution in [0.3, 0.4) is 0 Å². The van der Waals surface area contributed by atoms with Crippen molar-refractivity contribution in [1.29, 1.82) is 0 Å². The maximum absolute atomic E-state index is 11.0. The van der Waals surface area contributed by atoms with Crippen molar-refractivity contribution in [3.63, 3.8) is 0 Å². The van der Waals surface area contributed by atoms with Gasteiger partial charge in [0.15, 0.2) is 0 Å². The van der Waals surface area contributed by atoms with Gasteiger partial charge in [0, 0.05) is 55.5 Å². The van der Waals surface area contributed by atoms with E-state index in [1.807, 2.05) is 50.2 Å². The lowest BCUT2D eigenvalue weighted by molar-refractivity contribution is -0.125. The van der Waals surface area contributed by atoms with Crippen molar-refractivity contribution >= 4 is 28.2 Å². The van der Waals surface area contributed by atoms with Crippen LogP contribution >= 0.6 is 0 Å². The Hall–Kier alpha value is -3.89. The molecule has 2 heterocycles. The van der Waals surface area contributed by atoms with Crippen LogP contribution in [0, 0.1) is 0 Å². The minimum atomic E-state index is -0.0686. The van der Waals surface area contributed by atoms with Crippen LogP contribution in [0.25, 0.3) is 10.8 Å². The van der Waals surface area contributed by atoms with Gasteiger partial charge in [-0.1, -0.05) is 30.8 Å². The van der Waals surface area contributed by atoms with E-state index in [2.05, 4.69) is 27.5 Å². The molecule has 39 heavy (non-hydrogen) atoms. The lowest BCUT2D eigenvalue weighted by Crippen LogP contribution is -2.32. The number of fused-ring (bicyclic) bond motifs is 2. The molecule has 1 aliphatic rings. The highest BCUT2D eigenvalue weighted by Gasteiger charge is 2.23. The first kappa shape index (κ1) is 29.7. The smallest absolute Gasteiger partial charge is 0.318 e. The Bertz CT molecular complexity index is 1270. The summed E-state index contributed by atoms with van der Waals surface area (Å²) in [6.45, 7) is 9.36. The normalized spacial score (nSPS) is 12.5. The number of aliphatic hydroxyl groups is 1. The highest BCUT2D eigenvalue weighted by molar-refractivity contribution is 5.95. The van der Waals surface area contributed by atoms with Crippen molar-refractivity contribution < 1.29 is 19.7 Å². The SMILES string of the molecule is C=CC(=O)N(CC)CCCO.CN(C)CCOc1nc(N)c2c(n1)CN(c1cc(O)cc3ccccc13)CC2. The van der Waals surface area contributed by atoms with Crippen molar-refractivity contribution in [1.82, 2.24) is 19.8 Å². The maximum Gasteiger partial charge on any atom is 0.318 e. The van der Waals surface area contributed by atoms with Crippen LogP contribution < -0.4 is 15.4 Å². The molecular weight excluding hydrogens is 496 g/mol. The second kappa shape index (κ2) is 14.3. The number of phenols is 1. The number of anilines is 2. The summed E-state index contributed by atoms with van der Waals surface area (Å²) in [5.74, 6) is 0.681. The number of nitrogens with zero attached hydrogens (tertiary/aromatic N) is 5. The molecular formula is C29H40N6O4. The largest absolute Gasteiger partial charge is 0.508 e. The number of likely N-dealkylation sites (N-methyl/N-ethyl adjacent to an activating group) is 2. The predicted octanol–water partition coefficient (Wildman–Crippen LogP) is 2.82. The number of nitrogen functional groups attached to an aromatic ring is 1. The maximum atomic E-state index is 11.0. The van der Waals surface area contributed by atoms with Gasteiger partial charge in [-0.3, -0.25) is 4.79 Å². The summed E-state index contributed by atoms with van der Waals surface area (Å²) < 4.78 is 5.69. The van der Waals surface area contributed by atoms with Crippen LogP contribution in [0.2, 0.25) is 0 Å². The van der Waals surface area contributed by atoms with Gasteiger partial charge in [-0.25, -0.2) is 0 Å². The molecule has 4 N–H and O–H groups in total. The number of aliphatic hydroxyl groups excluding tert-OH is 1. The zero-order chi connectivity index (χ0) is 28.4. The van der Waals surface area contributed by atoms with E-state index < -0.39 is 0 Å². The Morgan fingerprint density at radius 2 is 2.00 bits per heavy atom. The summed E-state index contributed by atoms with van der Waals surface area (Å²) in [5, 5.41) is 20.8. The van der Waals surface area contributed by atoms with E-state index in [4.69, 9.17) is 15.6 Å². The van der Waals surface area contributed by atoms with Crippen LogP contribution in [0.15, 0.2) is 49.1 Å². The molecule has 4 rings (SSSR count). The van der Waals surface area contributed by atoms with Crippen molar-refractivity contribution in [3.05, 3.63) is 60.3 Å². The molecule has 2 aromatic carbocycles. The topological polar surface area (TPSA) is 128 Å². The highest BCUT2D eigenvalue weighted by Crippen LogP contribution is 2.35. The number of hydrogen-bond acceptors (Lipinski definition) is 9. The quantitative estimate of drug-likeness (QED) is 0.335. The van der Waals surface area contributed by atoms with Crippen LogP contribution in [-0.4, -0.2) is 89.4 Å². The molecule has 0 bridgehead atoms. The molecule has 0 saturated carbocycles. The average Bonchev–Trinajstić information content (AvgIpc) is 2.92. The Balaban J connectivity index is 0.000000325. The molecule has 0 radical (unpaired) electrons. The Kier molecular flexibility index (Phi) is 10.9. The minimum absolute atomic E-state index is 0.0686. The van der Waals surface area contributed by atoms with E-state index in [1.54, 1.807) is 11.0 Å². The van der Waals surface area contributed by atoms with Gasteiger partial charge in [-0.05, 0) is 51.4 Å². The number of nitrogens with two attached hydrogens (primary N) is 1. The summed E-state index contributed by atoms with van der Waals surface area (Å²) in [7, 11) is 3.98. The molecule has 3 aromatic rings. The molecule has 10 nitrogen and oxygen atoms in total. The van der Waals surface area contributed by atoms with E-state index in [-0.39, 0.29) is 18.3 Å². The van der Waals surface area contributed by atoms with Gasteiger partial charge in [0.2, 0.25) is 5.91 Å². The third-order valence-corrected chi connectivity index (χ3v) is 6.47. The third-order valence-electron chi connectivity index (χ3n) is 6.47. The summed E-state index contributed by atoms with van der Waals surface area (Å²) >= 11 is 0. The number of amides is 1. The Morgan fingerprint density at radius 3 is 2.69 bits per heavy atom. The first-order valence-electron chi connectivity index (χ1n) is 13.2. The number of aromatic nitrogens is 2. The summed E-state index contributed by atoms with van der Waals surface area (Å²) in [4.78, 5) is 25.8. The Labute approximate surface area is 230 Å². The fourth-order valence-corrected chi connectivity index (χ4v) is 4.38. The monoisotopic (exact) mass is 536 g/mol. The van der Waals surface area contributed by atoms with Crippen LogP contribution in [0.4, 0.5) is 11.5 Å². The van der Waals surface area contributed by atoms with Gasteiger partial charge in [-0.2, -0.15) is 9.97 Å². The molecule has 0 aliphatic carbocycles. The fraction of sp³-hybridized carbons (Fsp3) is 0.414. The molecule has 0 saturated heterocycles. The van der Waals surface area contributed by atoms with Crippen molar-refractivity contribution in [3.8, 4) is 11.8 Å². The lowest BCUT2D eigenvalue weighted by atomic mass is 10.0. The number of benzene rings is 2. The highest BCUT2D eigenvalue weighted by atomic mass is 16.5. The van der Waals surface area contributed by atoms with Crippen molar-refractivity contribution in [2.24, 2.45) is 0 Å². The van der Waals surface area contributed by atoms with Gasteiger partial charge in [-0.15, -0.1) is 0 Å². The van der Waals surface area contributed by atoms with Gasteiger partial charge >= 0.3 is 6.01 Å². The minimum Gasteiger partial charge on any atom is -0.508 e. The summed E-state index contributed by atoms with van der Waals surface area (Å²) in [6.07, 6.45) is 2.68. The van der Waals surface area contributed by atoms with Gasteiger partial charge in [0.05, 0.1) is 12.2 Å². The van der Waals surface area contributed by atoms with Gasteiger partial charge < -0.3 is 35.4 Å². The first-order valence-corrected chi connectivity index (χ1v) is 13.2. The predicted molar refractivity (Wildman–Crippen MR) is 155 cm³/mol. The van der Waals surface area contributed by atoms with Gasteiger partial charge in [0.25, 0.3) is 0 Å². The standard InChI is InChI=1S/C21H25N5O2.C8H15NO2/c1-25(2)9-10-28-21-23-18-13-26(8-7-17(18)20(22)24-21)19-12-15(27)11-14-5-3-4-6-16(14)19;1-3-8(11)9(4-2)6-5-7-10/h3-6,11-12,27H,7-10,13H2,1-2H3,(H2,22,23,24);3,10H,1,4-7H2,2H3. The number of carbonyl (C=O) groups is 1. The molecule has 0 spiro atoms. The third kappa shape index (κ3) is 8.05. The zero-order valence-corrected chi connectivity index (χ0v) is 23.1. The zero-order valence-electron chi connectivity index (χ0n) is 23.1. The molecule has 210 valence electrons. The van der Waals surface area contributed by atoms with E-state index in [0.717, 1.165) is 47.2 Å². The van der Waals surface area contributed by atoms with E-state index in [9.17, 15) is 9.90 Å². The van der Waals surface area contributed by atoms with Crippen molar-refractivity contribution in [2.75, 3.05) is 64.1 Å². The first-order chi connectivity index (χ1) is 18.8. The Morgan fingerprint density at radius 1 is 1.23 bits per heavy atom. The second-order valence-corrected chi connectivity index (χ2v) is 9.53. The van der Waals surface area contributed by atoms with Crippen LogP contribution in [0.5, 0.6) is 11.8 Å². The van der Waals surface area contributed by atoms with Crippen molar-refractivity contribution in [2.45, 2.75) is 26.3 Å². The number of carbonyl (C=O) groups excluding carboxylic acids is 1. The van der Waals surface area contributed by atoms with E-state index >= 15 is 0 Å². The average molecular weight is 537 g/mol. The molecule has 0 atom stereocenters. The van der Waals surface area contributed by atoms with Crippen LogP contribution in [-0.2, 0) is 17.8 Å². The molecule has 0 unspecified atom stereocenters. The fourth-order valence-electron chi connectivity index (χ4n) is 4.38. The van der Waals surface area contributed by atoms with Crippen LogP contribution in [0.1, 0.15) is 24.6 Å². The summed E-state index contributed by atoms with van der Waals surface area (Å²) in [5.41, 5.74) is 9.03. The second-order valence-electron chi connectivity index (χ2n) is 9.53. The number of hydrogen-bond donors (Lipinski definition) is 3. The van der Waals surface area contributed by atoms with E-state index in [1.165, 1.54) is 6.08 Å². The number of aromatic hydroxyl groups is 1.